The summed E-state index contributed by atoms with van der Waals surface area (Å²) in [6.45, 7) is 3.67. The number of fused-ring (bicyclic) bond motifs is 1. The van der Waals surface area contributed by atoms with E-state index >= 15 is 0 Å². The van der Waals surface area contributed by atoms with E-state index in [2.05, 4.69) is 21.3 Å². The summed E-state index contributed by atoms with van der Waals surface area (Å²) in [5.41, 5.74) is 0.0282. The van der Waals surface area contributed by atoms with Crippen molar-refractivity contribution in [1.82, 2.24) is 14.6 Å². The molecule has 0 bridgehead atoms. The largest absolute Gasteiger partial charge is 0.337 e. The van der Waals surface area contributed by atoms with E-state index in [4.69, 9.17) is 6.42 Å². The molecule has 0 amide bonds. The third kappa shape index (κ3) is 1.96. The smallest absolute Gasteiger partial charge is 0.244 e. The van der Waals surface area contributed by atoms with Crippen LogP contribution in [0, 0.1) is 18.2 Å². The van der Waals surface area contributed by atoms with Gasteiger partial charge in [0.2, 0.25) is 5.95 Å². The minimum absolute atomic E-state index is 0.361. The lowest BCUT2D eigenvalue weighted by molar-refractivity contribution is 0.614. The maximum atomic E-state index is 12.9. The molecule has 0 spiro atoms. The van der Waals surface area contributed by atoms with Crippen LogP contribution in [0.3, 0.4) is 0 Å². The Labute approximate surface area is 92.5 Å². The number of hydrogen-bond acceptors (Lipinski definition) is 3. The fraction of sp³-hybridized carbons (Fsp3) is 0.273. The highest BCUT2D eigenvalue weighted by Gasteiger charge is 2.16. The first-order chi connectivity index (χ1) is 7.50. The standard InChI is InChI=1S/C11H11FN4/c1-4-11(2,3)14-10-13-9-6-5-8(12)7-16(9)15-10/h1,5-7H,2-3H3,(H,14,15). The number of nitrogens with one attached hydrogen (secondary N) is 1. The zero-order valence-electron chi connectivity index (χ0n) is 9.03. The van der Waals surface area contributed by atoms with Crippen molar-refractivity contribution in [3.05, 3.63) is 24.1 Å². The van der Waals surface area contributed by atoms with Gasteiger partial charge in [0.1, 0.15) is 5.82 Å². The number of anilines is 1. The Hall–Kier alpha value is -2.09. The number of pyridine rings is 1. The topological polar surface area (TPSA) is 42.2 Å². The Morgan fingerprint density at radius 1 is 1.50 bits per heavy atom. The molecule has 2 heterocycles. The van der Waals surface area contributed by atoms with Crippen molar-refractivity contribution in [3.8, 4) is 12.3 Å². The number of terminal acetylenes is 1. The molecule has 0 unspecified atom stereocenters. The van der Waals surface area contributed by atoms with Crippen LogP contribution in [0.2, 0.25) is 0 Å². The van der Waals surface area contributed by atoms with Crippen molar-refractivity contribution in [3.63, 3.8) is 0 Å². The van der Waals surface area contributed by atoms with Gasteiger partial charge in [-0.2, -0.15) is 4.98 Å². The minimum Gasteiger partial charge on any atom is -0.337 e. The highest BCUT2D eigenvalue weighted by Crippen LogP contribution is 2.12. The van der Waals surface area contributed by atoms with Gasteiger partial charge in [-0.1, -0.05) is 5.92 Å². The summed E-state index contributed by atoms with van der Waals surface area (Å²) in [6.07, 6.45) is 6.60. The molecule has 0 saturated heterocycles. The summed E-state index contributed by atoms with van der Waals surface area (Å²) < 4.78 is 14.3. The van der Waals surface area contributed by atoms with Gasteiger partial charge in [0.05, 0.1) is 11.7 Å². The first kappa shape index (κ1) is 10.4. The second-order valence-corrected chi connectivity index (χ2v) is 3.98. The van der Waals surface area contributed by atoms with Crippen LogP contribution in [0.1, 0.15) is 13.8 Å². The number of nitrogens with zero attached hydrogens (tertiary/aromatic N) is 3. The predicted molar refractivity (Wildman–Crippen MR) is 59.5 cm³/mol. The second-order valence-electron chi connectivity index (χ2n) is 3.98. The maximum absolute atomic E-state index is 12.9. The molecule has 0 aliphatic heterocycles. The Balaban J connectivity index is 2.38. The number of hydrogen-bond donors (Lipinski definition) is 1. The molecule has 0 aliphatic rings. The van der Waals surface area contributed by atoms with Gasteiger partial charge in [-0.15, -0.1) is 11.5 Å². The first-order valence-electron chi connectivity index (χ1n) is 4.78. The molecule has 0 atom stereocenters. The van der Waals surface area contributed by atoms with E-state index < -0.39 is 5.54 Å². The molecule has 82 valence electrons. The first-order valence-corrected chi connectivity index (χ1v) is 4.78. The second kappa shape index (κ2) is 3.49. The van der Waals surface area contributed by atoms with Gasteiger partial charge < -0.3 is 5.32 Å². The normalized spacial score (nSPS) is 11.4. The van der Waals surface area contributed by atoms with Crippen LogP contribution in [0.4, 0.5) is 10.3 Å². The van der Waals surface area contributed by atoms with Crippen LogP contribution >= 0.6 is 0 Å². The van der Waals surface area contributed by atoms with Crippen LogP contribution in [-0.4, -0.2) is 20.1 Å². The molecule has 2 aromatic rings. The van der Waals surface area contributed by atoms with Crippen molar-refractivity contribution >= 4 is 11.6 Å². The summed E-state index contributed by atoms with van der Waals surface area (Å²) in [5, 5.41) is 7.04. The fourth-order valence-electron chi connectivity index (χ4n) is 1.23. The quantitative estimate of drug-likeness (QED) is 0.780. The zero-order valence-corrected chi connectivity index (χ0v) is 9.03. The highest BCUT2D eigenvalue weighted by atomic mass is 19.1. The van der Waals surface area contributed by atoms with Gasteiger partial charge in [-0.25, -0.2) is 8.91 Å². The van der Waals surface area contributed by atoms with Crippen molar-refractivity contribution in [2.24, 2.45) is 0 Å². The van der Waals surface area contributed by atoms with Crippen LogP contribution in [0.5, 0.6) is 0 Å². The third-order valence-corrected chi connectivity index (χ3v) is 2.08. The molecule has 0 radical (unpaired) electrons. The van der Waals surface area contributed by atoms with Crippen molar-refractivity contribution in [2.75, 3.05) is 5.32 Å². The van der Waals surface area contributed by atoms with E-state index in [-0.39, 0.29) is 5.82 Å². The van der Waals surface area contributed by atoms with Gasteiger partial charge >= 0.3 is 0 Å². The Morgan fingerprint density at radius 3 is 2.94 bits per heavy atom. The lowest BCUT2D eigenvalue weighted by atomic mass is 10.1. The molecule has 5 heteroatoms. The third-order valence-electron chi connectivity index (χ3n) is 2.08. The van der Waals surface area contributed by atoms with Crippen LogP contribution < -0.4 is 5.32 Å². The molecule has 0 fully saturated rings. The monoisotopic (exact) mass is 218 g/mol. The number of rotatable bonds is 2. The molecule has 16 heavy (non-hydrogen) atoms. The Kier molecular flexibility index (Phi) is 2.27. The Bertz CT molecular complexity index is 565. The lowest BCUT2D eigenvalue weighted by Crippen LogP contribution is -2.29. The maximum Gasteiger partial charge on any atom is 0.244 e. The molecule has 2 aromatic heterocycles. The molecule has 0 saturated carbocycles. The van der Waals surface area contributed by atoms with E-state index in [1.807, 2.05) is 13.8 Å². The molecule has 0 aliphatic carbocycles. The van der Waals surface area contributed by atoms with Crippen LogP contribution in [0.15, 0.2) is 18.3 Å². The summed E-state index contributed by atoms with van der Waals surface area (Å²) in [6, 6.07) is 2.89. The van der Waals surface area contributed by atoms with E-state index in [0.29, 0.717) is 11.6 Å². The molecule has 4 nitrogen and oxygen atoms in total. The van der Waals surface area contributed by atoms with Crippen molar-refractivity contribution < 1.29 is 4.39 Å². The van der Waals surface area contributed by atoms with Gasteiger partial charge in [-0.3, -0.25) is 0 Å². The van der Waals surface area contributed by atoms with Gasteiger partial charge in [0.25, 0.3) is 0 Å². The summed E-state index contributed by atoms with van der Waals surface area (Å²) in [5.74, 6) is 2.59. The summed E-state index contributed by atoms with van der Waals surface area (Å²) in [7, 11) is 0. The highest BCUT2D eigenvalue weighted by molar-refractivity contribution is 5.45. The molecular weight excluding hydrogens is 207 g/mol. The Morgan fingerprint density at radius 2 is 2.25 bits per heavy atom. The number of aromatic nitrogens is 3. The minimum atomic E-state index is -0.538. The molecule has 2 rings (SSSR count). The average Bonchev–Trinajstić information content (AvgIpc) is 2.58. The van der Waals surface area contributed by atoms with Gasteiger partial charge in [0.15, 0.2) is 5.65 Å². The van der Waals surface area contributed by atoms with Crippen molar-refractivity contribution in [1.29, 1.82) is 0 Å². The fourth-order valence-corrected chi connectivity index (χ4v) is 1.23. The molecular formula is C11H11FN4. The summed E-state index contributed by atoms with van der Waals surface area (Å²) in [4.78, 5) is 4.17. The van der Waals surface area contributed by atoms with Crippen molar-refractivity contribution in [2.45, 2.75) is 19.4 Å². The molecule has 1 N–H and O–H groups in total. The van der Waals surface area contributed by atoms with E-state index in [1.165, 1.54) is 16.8 Å². The zero-order chi connectivity index (χ0) is 11.8. The average molecular weight is 218 g/mol. The molecule has 0 aromatic carbocycles. The van der Waals surface area contributed by atoms with E-state index in [1.54, 1.807) is 6.07 Å². The predicted octanol–water partition coefficient (Wildman–Crippen LogP) is 1.69. The lowest BCUT2D eigenvalue weighted by Gasteiger charge is -2.17. The van der Waals surface area contributed by atoms with E-state index in [9.17, 15) is 4.39 Å². The SMILES string of the molecule is C#CC(C)(C)Nc1nc2ccc(F)cn2n1. The summed E-state index contributed by atoms with van der Waals surface area (Å²) >= 11 is 0. The number of halogens is 1. The van der Waals surface area contributed by atoms with Gasteiger partial charge in [-0.05, 0) is 26.0 Å². The van der Waals surface area contributed by atoms with Gasteiger partial charge in [0, 0.05) is 0 Å². The van der Waals surface area contributed by atoms with Crippen LogP contribution in [-0.2, 0) is 0 Å². The van der Waals surface area contributed by atoms with E-state index in [0.717, 1.165) is 0 Å². The van der Waals surface area contributed by atoms with Crippen LogP contribution in [0.25, 0.3) is 5.65 Å².